The van der Waals surface area contributed by atoms with Gasteiger partial charge in [0, 0.05) is 12.1 Å². The van der Waals surface area contributed by atoms with Crippen LogP contribution in [0.2, 0.25) is 0 Å². The second kappa shape index (κ2) is 6.50. The number of carbonyl (C=O) groups is 1. The molecule has 1 aromatic rings. The quantitative estimate of drug-likeness (QED) is 0.783. The van der Waals surface area contributed by atoms with Gasteiger partial charge in [-0.05, 0) is 41.1 Å². The third-order valence-electron chi connectivity index (χ3n) is 3.74. The van der Waals surface area contributed by atoms with Crippen LogP contribution in [0.15, 0.2) is 20.0 Å². The Bertz CT molecular complexity index is 625. The molecule has 0 saturated heterocycles. The molecule has 2 N–H and O–H groups in total. The van der Waals surface area contributed by atoms with Crippen molar-refractivity contribution >= 4 is 31.9 Å². The normalized spacial score (nSPS) is 23.7. The van der Waals surface area contributed by atoms with Crippen LogP contribution in [0.5, 0.6) is 0 Å². The highest BCUT2D eigenvalue weighted by Crippen LogP contribution is 2.28. The van der Waals surface area contributed by atoms with Crippen LogP contribution in [0.1, 0.15) is 49.6 Å². The van der Waals surface area contributed by atoms with Gasteiger partial charge in [0.05, 0.1) is 0 Å². The summed E-state index contributed by atoms with van der Waals surface area (Å²) in [6, 6.07) is 0.906. The molecule has 0 amide bonds. The predicted octanol–water partition coefficient (Wildman–Crippen LogP) is 2.99. The van der Waals surface area contributed by atoms with Gasteiger partial charge in [-0.3, -0.25) is 0 Å². The van der Waals surface area contributed by atoms with Crippen LogP contribution in [0.3, 0.4) is 0 Å². The van der Waals surface area contributed by atoms with Gasteiger partial charge in [-0.1, -0.05) is 19.8 Å². The van der Waals surface area contributed by atoms with Crippen molar-refractivity contribution in [3.05, 3.63) is 16.5 Å². The summed E-state index contributed by atoms with van der Waals surface area (Å²) >= 11 is 2.96. The number of hydrogen-bond donors (Lipinski definition) is 2. The molecule has 118 valence electrons. The van der Waals surface area contributed by atoms with Crippen molar-refractivity contribution in [2.24, 2.45) is 5.92 Å². The number of sulfonamides is 1. The second-order valence-corrected chi connectivity index (χ2v) is 7.89. The Morgan fingerprint density at radius 1 is 1.38 bits per heavy atom. The molecular weight excluding hydrogens is 362 g/mol. The van der Waals surface area contributed by atoms with Gasteiger partial charge in [0.25, 0.3) is 0 Å². The average molecular weight is 380 g/mol. The van der Waals surface area contributed by atoms with Crippen LogP contribution in [-0.2, 0) is 10.0 Å². The summed E-state index contributed by atoms with van der Waals surface area (Å²) in [5.74, 6) is -1.10. The maximum Gasteiger partial charge on any atom is 0.371 e. The average Bonchev–Trinajstić information content (AvgIpc) is 2.68. The summed E-state index contributed by atoms with van der Waals surface area (Å²) < 4.78 is 32.2. The van der Waals surface area contributed by atoms with Crippen molar-refractivity contribution in [1.82, 2.24) is 4.72 Å². The third kappa shape index (κ3) is 4.08. The smallest absolute Gasteiger partial charge is 0.371 e. The molecule has 1 aliphatic rings. The first-order chi connectivity index (χ1) is 9.79. The van der Waals surface area contributed by atoms with E-state index in [2.05, 4.69) is 27.6 Å². The molecule has 0 aliphatic heterocycles. The van der Waals surface area contributed by atoms with E-state index in [-0.39, 0.29) is 15.6 Å². The summed E-state index contributed by atoms with van der Waals surface area (Å²) in [4.78, 5) is 10.7. The zero-order valence-corrected chi connectivity index (χ0v) is 14.0. The van der Waals surface area contributed by atoms with Gasteiger partial charge in [0.2, 0.25) is 15.8 Å². The summed E-state index contributed by atoms with van der Waals surface area (Å²) in [5, 5.41) is 8.85. The van der Waals surface area contributed by atoms with Gasteiger partial charge >= 0.3 is 5.97 Å². The zero-order valence-electron chi connectivity index (χ0n) is 11.6. The lowest BCUT2D eigenvalue weighted by molar-refractivity contribution is 0.0661. The summed E-state index contributed by atoms with van der Waals surface area (Å²) in [6.45, 7) is 2.17. The Kier molecular flexibility index (Phi) is 5.11. The number of hydrogen-bond acceptors (Lipinski definition) is 4. The number of nitrogens with one attached hydrogen (secondary N) is 1. The van der Waals surface area contributed by atoms with Gasteiger partial charge in [-0.25, -0.2) is 17.9 Å². The zero-order chi connectivity index (χ0) is 15.6. The first-order valence-electron chi connectivity index (χ1n) is 6.84. The first kappa shape index (κ1) is 16.5. The Morgan fingerprint density at radius 3 is 2.71 bits per heavy atom. The largest absolute Gasteiger partial charge is 0.475 e. The highest BCUT2D eigenvalue weighted by molar-refractivity contribution is 9.10. The molecule has 21 heavy (non-hydrogen) atoms. The molecule has 2 atom stereocenters. The van der Waals surface area contributed by atoms with E-state index in [9.17, 15) is 13.2 Å². The summed E-state index contributed by atoms with van der Waals surface area (Å²) in [5.41, 5.74) is 0. The molecule has 0 radical (unpaired) electrons. The fourth-order valence-corrected chi connectivity index (χ4v) is 4.77. The summed E-state index contributed by atoms with van der Waals surface area (Å²) in [6.07, 6.45) is 4.67. The fourth-order valence-electron chi connectivity index (χ4n) is 2.53. The molecule has 0 bridgehead atoms. The minimum Gasteiger partial charge on any atom is -0.475 e. The van der Waals surface area contributed by atoms with Gasteiger partial charge < -0.3 is 9.52 Å². The van der Waals surface area contributed by atoms with Crippen molar-refractivity contribution in [3.63, 3.8) is 0 Å². The van der Waals surface area contributed by atoms with Crippen LogP contribution in [0.4, 0.5) is 0 Å². The van der Waals surface area contributed by atoms with Crippen LogP contribution in [-0.4, -0.2) is 25.5 Å². The van der Waals surface area contributed by atoms with Crippen LogP contribution in [0, 0.1) is 5.92 Å². The fraction of sp³-hybridized carbons (Fsp3) is 0.615. The molecule has 8 heteroatoms. The number of halogens is 1. The maximum absolute atomic E-state index is 12.4. The van der Waals surface area contributed by atoms with E-state index in [4.69, 9.17) is 9.52 Å². The molecule has 1 saturated carbocycles. The molecule has 6 nitrogen and oxygen atoms in total. The molecule has 2 unspecified atom stereocenters. The topological polar surface area (TPSA) is 96.6 Å². The molecule has 0 aromatic carbocycles. The van der Waals surface area contributed by atoms with Crippen molar-refractivity contribution in [2.45, 2.75) is 50.0 Å². The molecule has 2 rings (SSSR count). The van der Waals surface area contributed by atoms with Crippen LogP contribution in [0.25, 0.3) is 0 Å². The minimum absolute atomic E-state index is 0.0885. The number of carboxylic acids is 1. The lowest BCUT2D eigenvalue weighted by Crippen LogP contribution is -2.34. The highest BCUT2D eigenvalue weighted by Gasteiger charge is 2.28. The molecular formula is C13H18BrNO5S. The van der Waals surface area contributed by atoms with Gasteiger partial charge in [-0.2, -0.15) is 0 Å². The monoisotopic (exact) mass is 379 g/mol. The first-order valence-corrected chi connectivity index (χ1v) is 9.12. The number of aromatic carboxylic acids is 1. The van der Waals surface area contributed by atoms with Crippen LogP contribution >= 0.6 is 15.9 Å². The van der Waals surface area contributed by atoms with Crippen molar-refractivity contribution in [1.29, 1.82) is 0 Å². The predicted molar refractivity (Wildman–Crippen MR) is 79.7 cm³/mol. The summed E-state index contributed by atoms with van der Waals surface area (Å²) in [7, 11) is -3.79. The third-order valence-corrected chi connectivity index (χ3v) is 6.11. The molecule has 1 heterocycles. The lowest BCUT2D eigenvalue weighted by Gasteiger charge is -2.15. The Hall–Kier alpha value is -0.860. The maximum atomic E-state index is 12.4. The molecule has 1 fully saturated rings. The Balaban J connectivity index is 2.16. The number of furan rings is 1. The van der Waals surface area contributed by atoms with E-state index in [0.717, 1.165) is 38.2 Å². The molecule has 1 aromatic heterocycles. The van der Waals surface area contributed by atoms with E-state index < -0.39 is 21.8 Å². The van der Waals surface area contributed by atoms with Crippen molar-refractivity contribution in [3.8, 4) is 0 Å². The molecule has 0 spiro atoms. The van der Waals surface area contributed by atoms with Crippen LogP contribution < -0.4 is 4.72 Å². The van der Waals surface area contributed by atoms with E-state index >= 15 is 0 Å². The van der Waals surface area contributed by atoms with Crippen molar-refractivity contribution < 1.29 is 22.7 Å². The Labute approximate surface area is 132 Å². The van der Waals surface area contributed by atoms with E-state index in [1.54, 1.807) is 0 Å². The highest BCUT2D eigenvalue weighted by atomic mass is 79.9. The number of rotatable bonds is 4. The standard InChI is InChI=1S/C13H18BrNO5S/c1-8-3-2-4-9(6-5-8)15-21(18,19)11-7-10(13(16)17)20-12(11)14/h7-9,15H,2-6H2,1H3,(H,16,17). The van der Waals surface area contributed by atoms with Crippen molar-refractivity contribution in [2.75, 3.05) is 0 Å². The lowest BCUT2D eigenvalue weighted by atomic mass is 10.0. The SMILES string of the molecule is CC1CCCC(NS(=O)(=O)c2cc(C(=O)O)oc2Br)CC1. The molecule has 1 aliphatic carbocycles. The van der Waals surface area contributed by atoms with E-state index in [0.29, 0.717) is 5.92 Å². The minimum atomic E-state index is -3.79. The van der Waals surface area contributed by atoms with Gasteiger partial charge in [0.15, 0.2) is 4.67 Å². The van der Waals surface area contributed by atoms with E-state index in [1.165, 1.54) is 0 Å². The van der Waals surface area contributed by atoms with E-state index in [1.807, 2.05) is 0 Å². The number of carboxylic acid groups (broad SMARTS) is 1. The Morgan fingerprint density at radius 2 is 2.10 bits per heavy atom. The van der Waals surface area contributed by atoms with Gasteiger partial charge in [0.1, 0.15) is 4.90 Å². The second-order valence-electron chi connectivity index (χ2n) is 5.49. The van der Waals surface area contributed by atoms with Gasteiger partial charge in [-0.15, -0.1) is 0 Å².